The summed E-state index contributed by atoms with van der Waals surface area (Å²) in [7, 11) is 0. The van der Waals surface area contributed by atoms with Crippen molar-refractivity contribution in [2.45, 2.75) is 25.7 Å². The second-order valence-electron chi connectivity index (χ2n) is 4.50. The van der Waals surface area contributed by atoms with Crippen molar-refractivity contribution in [1.82, 2.24) is 9.78 Å². The molecule has 3 nitrogen and oxygen atoms in total. The summed E-state index contributed by atoms with van der Waals surface area (Å²) in [5.41, 5.74) is 7.85. The van der Waals surface area contributed by atoms with Crippen LogP contribution in [0.5, 0.6) is 0 Å². The molecule has 2 N–H and O–H groups in total. The molecule has 0 radical (unpaired) electrons. The minimum absolute atomic E-state index is 0.129. The van der Waals surface area contributed by atoms with Gasteiger partial charge in [0.15, 0.2) is 11.6 Å². The Hall–Kier alpha value is -1.91. The molecule has 18 heavy (non-hydrogen) atoms. The summed E-state index contributed by atoms with van der Waals surface area (Å²) in [6.45, 7) is 0. The van der Waals surface area contributed by atoms with Gasteiger partial charge in [-0.25, -0.2) is 13.5 Å². The van der Waals surface area contributed by atoms with Crippen molar-refractivity contribution >= 4 is 5.82 Å². The van der Waals surface area contributed by atoms with Gasteiger partial charge in [-0.2, -0.15) is 5.10 Å². The molecule has 2 aromatic rings. The van der Waals surface area contributed by atoms with E-state index in [4.69, 9.17) is 5.73 Å². The Morgan fingerprint density at radius 2 is 1.94 bits per heavy atom. The van der Waals surface area contributed by atoms with Crippen molar-refractivity contribution in [3.63, 3.8) is 0 Å². The van der Waals surface area contributed by atoms with Gasteiger partial charge in [0.25, 0.3) is 0 Å². The summed E-state index contributed by atoms with van der Waals surface area (Å²) < 4.78 is 28.5. The van der Waals surface area contributed by atoms with Crippen molar-refractivity contribution in [3.8, 4) is 5.69 Å². The van der Waals surface area contributed by atoms with Crippen molar-refractivity contribution in [2.24, 2.45) is 0 Å². The van der Waals surface area contributed by atoms with Crippen LogP contribution in [0.25, 0.3) is 5.69 Å². The summed E-state index contributed by atoms with van der Waals surface area (Å²) in [6.07, 6.45) is 3.75. The summed E-state index contributed by atoms with van der Waals surface area (Å²) in [5.74, 6) is -1.33. The summed E-state index contributed by atoms with van der Waals surface area (Å²) in [6, 6.07) is 4.08. The lowest BCUT2D eigenvalue weighted by Crippen LogP contribution is -2.09. The highest BCUT2D eigenvalue weighted by molar-refractivity contribution is 5.48. The zero-order valence-electron chi connectivity index (χ0n) is 9.79. The first-order valence-electron chi connectivity index (χ1n) is 5.99. The third-order valence-electron chi connectivity index (χ3n) is 3.37. The number of hydrogen-bond donors (Lipinski definition) is 1. The van der Waals surface area contributed by atoms with Crippen LogP contribution in [0.4, 0.5) is 14.6 Å². The quantitative estimate of drug-likeness (QED) is 0.844. The number of anilines is 1. The maximum atomic E-state index is 13.8. The zero-order valence-corrected chi connectivity index (χ0v) is 9.79. The smallest absolute Gasteiger partial charge is 0.184 e. The Morgan fingerprint density at radius 1 is 1.17 bits per heavy atom. The van der Waals surface area contributed by atoms with Gasteiger partial charge >= 0.3 is 0 Å². The summed E-state index contributed by atoms with van der Waals surface area (Å²) in [5, 5.41) is 4.15. The molecule has 0 atom stereocenters. The molecule has 94 valence electrons. The van der Waals surface area contributed by atoms with Crippen LogP contribution in [-0.2, 0) is 12.8 Å². The van der Waals surface area contributed by atoms with E-state index < -0.39 is 11.6 Å². The van der Waals surface area contributed by atoms with Gasteiger partial charge in [0.05, 0.1) is 0 Å². The third-order valence-corrected chi connectivity index (χ3v) is 3.37. The SMILES string of the molecule is Nc1nn(-c2cccc(F)c2F)c2c1CCCC2. The highest BCUT2D eigenvalue weighted by atomic mass is 19.2. The predicted molar refractivity (Wildman–Crippen MR) is 64.5 cm³/mol. The molecule has 0 unspecified atom stereocenters. The molecule has 0 saturated carbocycles. The van der Waals surface area contributed by atoms with Crippen LogP contribution in [0, 0.1) is 11.6 Å². The number of nitrogens with zero attached hydrogens (tertiary/aromatic N) is 2. The lowest BCUT2D eigenvalue weighted by atomic mass is 9.97. The van der Waals surface area contributed by atoms with E-state index in [0.717, 1.165) is 43.0 Å². The first-order chi connectivity index (χ1) is 8.68. The Morgan fingerprint density at radius 3 is 2.78 bits per heavy atom. The van der Waals surface area contributed by atoms with E-state index >= 15 is 0 Å². The predicted octanol–water partition coefficient (Wildman–Crippen LogP) is 2.61. The fourth-order valence-electron chi connectivity index (χ4n) is 2.48. The van der Waals surface area contributed by atoms with Crippen LogP contribution in [0.1, 0.15) is 24.1 Å². The average Bonchev–Trinajstić information content (AvgIpc) is 2.71. The Balaban J connectivity index is 2.20. The first kappa shape index (κ1) is 11.2. The van der Waals surface area contributed by atoms with Gasteiger partial charge < -0.3 is 5.73 Å². The molecular weight excluding hydrogens is 236 g/mol. The van der Waals surface area contributed by atoms with Crippen LogP contribution in [-0.4, -0.2) is 9.78 Å². The molecule has 0 fully saturated rings. The Kier molecular flexibility index (Phi) is 2.54. The van der Waals surface area contributed by atoms with Gasteiger partial charge in [0.2, 0.25) is 0 Å². The highest BCUT2D eigenvalue weighted by Gasteiger charge is 2.22. The molecule has 0 bridgehead atoms. The first-order valence-corrected chi connectivity index (χ1v) is 5.99. The third kappa shape index (κ3) is 1.58. The van der Waals surface area contributed by atoms with Crippen molar-refractivity contribution in [3.05, 3.63) is 41.1 Å². The topological polar surface area (TPSA) is 43.8 Å². The molecular formula is C13H13F2N3. The maximum Gasteiger partial charge on any atom is 0.184 e. The Labute approximate surface area is 103 Å². The summed E-state index contributed by atoms with van der Waals surface area (Å²) >= 11 is 0. The number of nitrogens with two attached hydrogens (primary N) is 1. The largest absolute Gasteiger partial charge is 0.382 e. The normalized spacial score (nSPS) is 14.6. The molecule has 1 aliphatic carbocycles. The number of benzene rings is 1. The van der Waals surface area contributed by atoms with Gasteiger partial charge in [0, 0.05) is 11.3 Å². The fraction of sp³-hybridized carbons (Fsp3) is 0.308. The summed E-state index contributed by atoms with van der Waals surface area (Å²) in [4.78, 5) is 0. The van der Waals surface area contributed by atoms with Gasteiger partial charge in [-0.15, -0.1) is 0 Å². The average molecular weight is 249 g/mol. The molecule has 3 rings (SSSR count). The number of fused-ring (bicyclic) bond motifs is 1. The lowest BCUT2D eigenvalue weighted by molar-refractivity contribution is 0.499. The molecule has 1 heterocycles. The molecule has 0 amide bonds. The van der Waals surface area contributed by atoms with Crippen molar-refractivity contribution in [1.29, 1.82) is 0 Å². The second-order valence-corrected chi connectivity index (χ2v) is 4.50. The van der Waals surface area contributed by atoms with Gasteiger partial charge in [0.1, 0.15) is 11.5 Å². The van der Waals surface area contributed by atoms with Gasteiger partial charge in [-0.1, -0.05) is 6.07 Å². The van der Waals surface area contributed by atoms with Crippen molar-refractivity contribution < 1.29 is 8.78 Å². The van der Waals surface area contributed by atoms with Gasteiger partial charge in [-0.3, -0.25) is 0 Å². The van der Waals surface area contributed by atoms with E-state index in [1.807, 2.05) is 0 Å². The molecule has 1 aliphatic rings. The highest BCUT2D eigenvalue weighted by Crippen LogP contribution is 2.29. The molecule has 0 aliphatic heterocycles. The number of aromatic nitrogens is 2. The molecule has 0 saturated heterocycles. The molecule has 0 spiro atoms. The Bertz CT molecular complexity index is 605. The van der Waals surface area contributed by atoms with Crippen LogP contribution in [0.2, 0.25) is 0 Å². The molecule has 5 heteroatoms. The van der Waals surface area contributed by atoms with Crippen LogP contribution in [0.15, 0.2) is 18.2 Å². The van der Waals surface area contributed by atoms with E-state index in [9.17, 15) is 8.78 Å². The standard InChI is InChI=1S/C13H13F2N3/c14-9-5-3-7-11(12(9)15)18-10-6-2-1-4-8(10)13(16)17-18/h3,5,7H,1-2,4,6H2,(H2,16,17). The number of nitrogen functional groups attached to an aromatic ring is 1. The van der Waals surface area contributed by atoms with Crippen LogP contribution >= 0.6 is 0 Å². The monoisotopic (exact) mass is 249 g/mol. The van der Waals surface area contributed by atoms with E-state index in [2.05, 4.69) is 5.10 Å². The molecule has 1 aromatic carbocycles. The second kappa shape index (κ2) is 4.08. The minimum atomic E-state index is -0.881. The van der Waals surface area contributed by atoms with E-state index in [1.54, 1.807) is 0 Å². The maximum absolute atomic E-state index is 13.8. The minimum Gasteiger partial charge on any atom is -0.382 e. The number of hydrogen-bond acceptors (Lipinski definition) is 2. The lowest BCUT2D eigenvalue weighted by Gasteiger charge is -2.14. The van der Waals surface area contributed by atoms with Crippen LogP contribution in [0.3, 0.4) is 0 Å². The van der Waals surface area contributed by atoms with E-state index in [1.165, 1.54) is 16.8 Å². The van der Waals surface area contributed by atoms with E-state index in [0.29, 0.717) is 5.82 Å². The van der Waals surface area contributed by atoms with E-state index in [-0.39, 0.29) is 5.69 Å². The number of rotatable bonds is 1. The van der Waals surface area contributed by atoms with Crippen LogP contribution < -0.4 is 5.73 Å². The molecule has 1 aromatic heterocycles. The zero-order chi connectivity index (χ0) is 12.7. The number of halogens is 2. The van der Waals surface area contributed by atoms with Gasteiger partial charge in [-0.05, 0) is 37.8 Å². The van der Waals surface area contributed by atoms with Crippen molar-refractivity contribution in [2.75, 3.05) is 5.73 Å². The fourth-order valence-corrected chi connectivity index (χ4v) is 2.48.